The van der Waals surface area contributed by atoms with Crippen molar-refractivity contribution >= 4 is 16.7 Å². The average Bonchev–Trinajstić information content (AvgIpc) is 3.16. The van der Waals surface area contributed by atoms with Gasteiger partial charge in [0.1, 0.15) is 5.75 Å². The molecule has 0 spiro atoms. The summed E-state index contributed by atoms with van der Waals surface area (Å²) in [6.45, 7) is 2.13. The van der Waals surface area contributed by atoms with Crippen LogP contribution in [0.2, 0.25) is 0 Å². The number of likely N-dealkylation sites (tertiary alicyclic amines) is 1. The molecule has 0 radical (unpaired) electrons. The number of rotatable bonds is 5. The van der Waals surface area contributed by atoms with Crippen molar-refractivity contribution in [1.29, 1.82) is 0 Å². The number of hydrogen-bond donors (Lipinski definition) is 1. The van der Waals surface area contributed by atoms with Crippen LogP contribution in [0.5, 0.6) is 5.75 Å². The highest BCUT2D eigenvalue weighted by molar-refractivity contribution is 5.84. The minimum Gasteiger partial charge on any atom is -0.490 e. The molecule has 2 saturated carbocycles. The van der Waals surface area contributed by atoms with E-state index in [9.17, 15) is 4.79 Å². The Morgan fingerprint density at radius 1 is 1.04 bits per heavy atom. The van der Waals surface area contributed by atoms with Gasteiger partial charge in [-0.1, -0.05) is 18.2 Å². The summed E-state index contributed by atoms with van der Waals surface area (Å²) < 4.78 is 6.18. The normalized spacial score (nSPS) is 28.6. The second kappa shape index (κ2) is 5.73. The Kier molecular flexibility index (Phi) is 3.49. The predicted molar refractivity (Wildman–Crippen MR) is 95.6 cm³/mol. The van der Waals surface area contributed by atoms with Crippen LogP contribution in [0.25, 0.3) is 10.8 Å². The maximum atomic E-state index is 10.9. The third-order valence-electron chi connectivity index (χ3n) is 6.09. The van der Waals surface area contributed by atoms with Gasteiger partial charge < -0.3 is 9.84 Å². The molecular weight excluding hydrogens is 314 g/mol. The minimum absolute atomic E-state index is 0.193. The van der Waals surface area contributed by atoms with Crippen LogP contribution in [0, 0.1) is 17.8 Å². The topological polar surface area (TPSA) is 49.8 Å². The summed E-state index contributed by atoms with van der Waals surface area (Å²) >= 11 is 0. The quantitative estimate of drug-likeness (QED) is 0.907. The van der Waals surface area contributed by atoms with E-state index in [1.54, 1.807) is 0 Å². The first-order valence-corrected chi connectivity index (χ1v) is 9.28. The van der Waals surface area contributed by atoms with Gasteiger partial charge in [0, 0.05) is 19.6 Å². The van der Waals surface area contributed by atoms with Crippen LogP contribution in [-0.2, 0) is 11.3 Å². The molecule has 0 bridgehead atoms. The van der Waals surface area contributed by atoms with Gasteiger partial charge in [-0.2, -0.15) is 0 Å². The summed E-state index contributed by atoms with van der Waals surface area (Å²) in [5, 5.41) is 11.4. The van der Waals surface area contributed by atoms with E-state index in [1.807, 2.05) is 0 Å². The highest BCUT2D eigenvalue weighted by atomic mass is 16.5. The van der Waals surface area contributed by atoms with Gasteiger partial charge in [0.2, 0.25) is 0 Å². The monoisotopic (exact) mass is 337 g/mol. The zero-order valence-corrected chi connectivity index (χ0v) is 14.2. The zero-order chi connectivity index (χ0) is 17.0. The molecule has 4 heteroatoms. The van der Waals surface area contributed by atoms with Crippen molar-refractivity contribution in [3.05, 3.63) is 42.0 Å². The van der Waals surface area contributed by atoms with Crippen molar-refractivity contribution < 1.29 is 14.6 Å². The second-order valence-corrected chi connectivity index (χ2v) is 8.04. The number of carboxylic acid groups (broad SMARTS) is 1. The lowest BCUT2D eigenvalue weighted by Gasteiger charge is -2.36. The number of ether oxygens (including phenoxy) is 1. The maximum Gasteiger partial charge on any atom is 0.309 e. The maximum absolute atomic E-state index is 10.9. The SMILES string of the molecule is O=C(O)C1CN(Cc2ccc3cc(O[C@@H]4C[C@@H]5C[C@@H]5C4)ccc3c2)C1. The molecule has 1 N–H and O–H groups in total. The summed E-state index contributed by atoms with van der Waals surface area (Å²) in [5.41, 5.74) is 1.24. The van der Waals surface area contributed by atoms with Crippen LogP contribution in [-0.4, -0.2) is 35.2 Å². The summed E-state index contributed by atoms with van der Waals surface area (Å²) in [5.74, 6) is 1.99. The highest BCUT2D eigenvalue weighted by Crippen LogP contribution is 2.52. The third kappa shape index (κ3) is 2.99. The average molecular weight is 337 g/mol. The summed E-state index contributed by atoms with van der Waals surface area (Å²) in [6.07, 6.45) is 4.29. The fraction of sp³-hybridized carbons (Fsp3) is 0.476. The van der Waals surface area contributed by atoms with Gasteiger partial charge in [-0.3, -0.25) is 9.69 Å². The number of aliphatic carboxylic acids is 1. The third-order valence-corrected chi connectivity index (χ3v) is 6.09. The number of fused-ring (bicyclic) bond motifs is 2. The van der Waals surface area contributed by atoms with Gasteiger partial charge in [0.05, 0.1) is 12.0 Å². The van der Waals surface area contributed by atoms with E-state index in [4.69, 9.17) is 9.84 Å². The smallest absolute Gasteiger partial charge is 0.309 e. The van der Waals surface area contributed by atoms with Gasteiger partial charge in [0.25, 0.3) is 0 Å². The standard InChI is InChI=1S/C21H23NO3/c23-21(24)18-11-22(12-18)10-13-1-2-15-7-19(4-3-14(15)5-13)25-20-8-16-6-17(16)9-20/h1-5,7,16-18,20H,6,8-12H2,(H,23,24)/t16-,17+,20+. The van der Waals surface area contributed by atoms with Crippen molar-refractivity contribution in [3.63, 3.8) is 0 Å². The zero-order valence-electron chi connectivity index (χ0n) is 14.2. The van der Waals surface area contributed by atoms with Gasteiger partial charge in [-0.05, 0) is 65.6 Å². The van der Waals surface area contributed by atoms with Gasteiger partial charge in [-0.15, -0.1) is 0 Å². The van der Waals surface area contributed by atoms with Gasteiger partial charge in [-0.25, -0.2) is 0 Å². The van der Waals surface area contributed by atoms with Gasteiger partial charge in [0.15, 0.2) is 0 Å². The molecule has 0 aromatic heterocycles. The lowest BCUT2D eigenvalue weighted by atomic mass is 9.99. The summed E-state index contributed by atoms with van der Waals surface area (Å²) in [4.78, 5) is 13.1. The molecule has 2 aromatic rings. The van der Waals surface area contributed by atoms with Gasteiger partial charge >= 0.3 is 5.97 Å². The van der Waals surface area contributed by atoms with Crippen molar-refractivity contribution in [3.8, 4) is 5.75 Å². The Labute approximate surface area is 147 Å². The molecule has 1 aliphatic heterocycles. The number of benzene rings is 2. The number of carboxylic acids is 1. The number of carbonyl (C=O) groups is 1. The summed E-state index contributed by atoms with van der Waals surface area (Å²) in [7, 11) is 0. The Morgan fingerprint density at radius 2 is 1.76 bits per heavy atom. The van der Waals surface area contributed by atoms with Crippen LogP contribution < -0.4 is 4.74 Å². The fourth-order valence-corrected chi connectivity index (χ4v) is 4.51. The molecule has 2 aromatic carbocycles. The van der Waals surface area contributed by atoms with Crippen molar-refractivity contribution in [2.24, 2.45) is 17.8 Å². The molecular formula is C21H23NO3. The van der Waals surface area contributed by atoms with E-state index in [-0.39, 0.29) is 5.92 Å². The Morgan fingerprint density at radius 3 is 2.52 bits per heavy atom. The number of hydrogen-bond acceptors (Lipinski definition) is 3. The van der Waals surface area contributed by atoms with E-state index in [0.29, 0.717) is 19.2 Å². The van der Waals surface area contributed by atoms with E-state index < -0.39 is 5.97 Å². The lowest BCUT2D eigenvalue weighted by molar-refractivity contribution is -0.147. The lowest BCUT2D eigenvalue weighted by Crippen LogP contribution is -2.49. The van der Waals surface area contributed by atoms with E-state index in [2.05, 4.69) is 41.3 Å². The molecule has 3 atom stereocenters. The Bertz CT molecular complexity index is 817. The molecule has 2 aliphatic carbocycles. The highest BCUT2D eigenvalue weighted by Gasteiger charge is 2.46. The largest absolute Gasteiger partial charge is 0.490 e. The van der Waals surface area contributed by atoms with Crippen LogP contribution in [0.3, 0.4) is 0 Å². The fourth-order valence-electron chi connectivity index (χ4n) is 4.51. The first-order chi connectivity index (χ1) is 12.1. The van der Waals surface area contributed by atoms with Crippen molar-refractivity contribution in [2.75, 3.05) is 13.1 Å². The molecule has 5 rings (SSSR count). The van der Waals surface area contributed by atoms with E-state index in [1.165, 1.54) is 35.6 Å². The van der Waals surface area contributed by atoms with Crippen LogP contribution in [0.15, 0.2) is 36.4 Å². The minimum atomic E-state index is -0.679. The molecule has 0 unspecified atom stereocenters. The molecule has 3 aliphatic rings. The van der Waals surface area contributed by atoms with E-state index >= 15 is 0 Å². The summed E-state index contributed by atoms with van der Waals surface area (Å²) in [6, 6.07) is 12.9. The van der Waals surface area contributed by atoms with Crippen LogP contribution >= 0.6 is 0 Å². The molecule has 25 heavy (non-hydrogen) atoms. The molecule has 4 nitrogen and oxygen atoms in total. The molecule has 1 saturated heterocycles. The first-order valence-electron chi connectivity index (χ1n) is 9.28. The predicted octanol–water partition coefficient (Wildman–Crippen LogP) is 3.53. The van der Waals surface area contributed by atoms with E-state index in [0.717, 1.165) is 24.1 Å². The second-order valence-electron chi connectivity index (χ2n) is 8.04. The van der Waals surface area contributed by atoms with Crippen LogP contribution in [0.1, 0.15) is 24.8 Å². The van der Waals surface area contributed by atoms with Crippen molar-refractivity contribution in [1.82, 2.24) is 4.90 Å². The van der Waals surface area contributed by atoms with Crippen LogP contribution in [0.4, 0.5) is 0 Å². The number of nitrogens with zero attached hydrogens (tertiary/aromatic N) is 1. The Hall–Kier alpha value is -2.07. The molecule has 0 amide bonds. The molecule has 1 heterocycles. The molecule has 130 valence electrons. The first kappa shape index (κ1) is 15.2. The van der Waals surface area contributed by atoms with Crippen molar-refractivity contribution in [2.45, 2.75) is 31.9 Å². The Balaban J connectivity index is 1.25. The molecule has 3 fully saturated rings.